The van der Waals surface area contributed by atoms with Gasteiger partial charge in [0.05, 0.1) is 6.42 Å². The Morgan fingerprint density at radius 3 is 2.80 bits per heavy atom. The van der Waals surface area contributed by atoms with E-state index in [9.17, 15) is 19.1 Å². The van der Waals surface area contributed by atoms with Crippen LogP contribution in [0.3, 0.4) is 0 Å². The molecule has 0 aromatic heterocycles. The van der Waals surface area contributed by atoms with E-state index in [-0.39, 0.29) is 17.0 Å². The third-order valence-electron chi connectivity index (χ3n) is 3.79. The number of carbonyl (C=O) groups excluding carboxylic acids is 1. The van der Waals surface area contributed by atoms with Gasteiger partial charge in [0.1, 0.15) is 11.4 Å². The average molecular weight is 300 g/mol. The summed E-state index contributed by atoms with van der Waals surface area (Å²) in [7, 11) is 0. The Morgan fingerprint density at radius 2 is 2.20 bits per heavy atom. The summed E-state index contributed by atoms with van der Waals surface area (Å²) in [5, 5.41) is 9.45. The molecule has 1 fully saturated rings. The van der Waals surface area contributed by atoms with Crippen LogP contribution in [0.2, 0.25) is 5.02 Å². The zero-order valence-electron chi connectivity index (χ0n) is 11.0. The molecule has 1 amide bonds. The maximum atomic E-state index is 13.7. The van der Waals surface area contributed by atoms with Gasteiger partial charge in [0.15, 0.2) is 0 Å². The molecule has 1 atom stereocenters. The van der Waals surface area contributed by atoms with Crippen LogP contribution in [0, 0.1) is 5.82 Å². The van der Waals surface area contributed by atoms with Gasteiger partial charge in [-0.25, -0.2) is 9.18 Å². The van der Waals surface area contributed by atoms with Gasteiger partial charge in [-0.2, -0.15) is 0 Å². The van der Waals surface area contributed by atoms with Crippen molar-refractivity contribution in [1.82, 2.24) is 4.90 Å². The molecule has 1 aromatic rings. The fourth-order valence-corrected chi connectivity index (χ4v) is 2.76. The van der Waals surface area contributed by atoms with Crippen LogP contribution in [0.15, 0.2) is 18.2 Å². The van der Waals surface area contributed by atoms with Crippen molar-refractivity contribution in [3.05, 3.63) is 34.6 Å². The number of halogens is 2. The van der Waals surface area contributed by atoms with Gasteiger partial charge >= 0.3 is 5.97 Å². The Kier molecular flexibility index (Phi) is 3.99. The Labute approximate surface area is 121 Å². The van der Waals surface area contributed by atoms with Crippen LogP contribution in [-0.4, -0.2) is 34.0 Å². The van der Waals surface area contributed by atoms with E-state index in [0.29, 0.717) is 19.4 Å². The first kappa shape index (κ1) is 14.8. The SMILES string of the molecule is CC1(C(=O)O)CCCN1C(=O)Cc1c(F)cccc1Cl. The summed E-state index contributed by atoms with van der Waals surface area (Å²) < 4.78 is 13.7. The molecule has 1 N–H and O–H groups in total. The standard InChI is InChI=1S/C14H15ClFNO3/c1-14(13(19)20)6-3-7-17(14)12(18)8-9-10(15)4-2-5-11(9)16/h2,4-5H,3,6-8H2,1H3,(H,19,20). The van der Waals surface area contributed by atoms with Gasteiger partial charge in [-0.1, -0.05) is 17.7 Å². The van der Waals surface area contributed by atoms with E-state index >= 15 is 0 Å². The zero-order chi connectivity index (χ0) is 14.9. The molecule has 0 bridgehead atoms. The van der Waals surface area contributed by atoms with Crippen molar-refractivity contribution >= 4 is 23.5 Å². The molecular formula is C14H15ClFNO3. The molecular weight excluding hydrogens is 285 g/mol. The first-order chi connectivity index (χ1) is 9.36. The van der Waals surface area contributed by atoms with Gasteiger partial charge in [-0.15, -0.1) is 0 Å². The molecule has 0 aliphatic carbocycles. The molecule has 1 unspecified atom stereocenters. The summed E-state index contributed by atoms with van der Waals surface area (Å²) in [6, 6.07) is 4.20. The second-order valence-corrected chi connectivity index (χ2v) is 5.51. The Morgan fingerprint density at radius 1 is 1.50 bits per heavy atom. The number of carbonyl (C=O) groups is 2. The van der Waals surface area contributed by atoms with Crippen LogP contribution >= 0.6 is 11.6 Å². The summed E-state index contributed by atoms with van der Waals surface area (Å²) in [6.45, 7) is 1.89. The number of carboxylic acids is 1. The monoisotopic (exact) mass is 299 g/mol. The highest BCUT2D eigenvalue weighted by Gasteiger charge is 2.45. The highest BCUT2D eigenvalue weighted by atomic mass is 35.5. The molecule has 0 saturated carbocycles. The fourth-order valence-electron chi connectivity index (χ4n) is 2.53. The van der Waals surface area contributed by atoms with Gasteiger partial charge in [-0.05, 0) is 31.9 Å². The Balaban J connectivity index is 2.23. The smallest absolute Gasteiger partial charge is 0.329 e. The van der Waals surface area contributed by atoms with Gasteiger partial charge in [0.2, 0.25) is 5.91 Å². The first-order valence-corrected chi connectivity index (χ1v) is 6.71. The van der Waals surface area contributed by atoms with Gasteiger partial charge in [0.25, 0.3) is 0 Å². The maximum absolute atomic E-state index is 13.7. The number of likely N-dealkylation sites (tertiary alicyclic amines) is 1. The number of hydrogen-bond donors (Lipinski definition) is 1. The molecule has 1 aromatic carbocycles. The summed E-state index contributed by atoms with van der Waals surface area (Å²) in [6.07, 6.45) is 0.799. The van der Waals surface area contributed by atoms with Crippen molar-refractivity contribution in [1.29, 1.82) is 0 Å². The number of benzene rings is 1. The third kappa shape index (κ3) is 2.50. The Hall–Kier alpha value is -1.62. The molecule has 1 heterocycles. The van der Waals surface area contributed by atoms with E-state index in [4.69, 9.17) is 11.6 Å². The Bertz CT molecular complexity index is 543. The van der Waals surface area contributed by atoms with Crippen LogP contribution < -0.4 is 0 Å². The molecule has 0 radical (unpaired) electrons. The van der Waals surface area contributed by atoms with Crippen LogP contribution in [0.1, 0.15) is 25.3 Å². The van der Waals surface area contributed by atoms with Crippen molar-refractivity contribution < 1.29 is 19.1 Å². The zero-order valence-corrected chi connectivity index (χ0v) is 11.8. The van der Waals surface area contributed by atoms with E-state index in [0.717, 1.165) is 0 Å². The summed E-state index contributed by atoms with van der Waals surface area (Å²) >= 11 is 5.89. The quantitative estimate of drug-likeness (QED) is 0.933. The average Bonchev–Trinajstić information content (AvgIpc) is 2.77. The van der Waals surface area contributed by atoms with Crippen molar-refractivity contribution in [2.75, 3.05) is 6.54 Å². The minimum Gasteiger partial charge on any atom is -0.480 e. The minimum atomic E-state index is -1.21. The number of rotatable bonds is 3. The van der Waals surface area contributed by atoms with Crippen LogP contribution in [0.25, 0.3) is 0 Å². The van der Waals surface area contributed by atoms with Gasteiger partial charge < -0.3 is 10.0 Å². The number of hydrogen-bond acceptors (Lipinski definition) is 2. The number of amides is 1. The number of aliphatic carboxylic acids is 1. The lowest BCUT2D eigenvalue weighted by molar-refractivity contribution is -0.155. The lowest BCUT2D eigenvalue weighted by Crippen LogP contribution is -2.51. The predicted molar refractivity (Wildman–Crippen MR) is 72.1 cm³/mol. The normalized spacial score (nSPS) is 22.1. The van der Waals surface area contributed by atoms with Crippen molar-refractivity contribution in [2.45, 2.75) is 31.7 Å². The van der Waals surface area contributed by atoms with Crippen molar-refractivity contribution in [3.63, 3.8) is 0 Å². The molecule has 1 aliphatic rings. The lowest BCUT2D eigenvalue weighted by Gasteiger charge is -2.31. The highest BCUT2D eigenvalue weighted by Crippen LogP contribution is 2.30. The van der Waals surface area contributed by atoms with E-state index in [1.54, 1.807) is 0 Å². The third-order valence-corrected chi connectivity index (χ3v) is 4.15. The number of carboxylic acid groups (broad SMARTS) is 1. The molecule has 108 valence electrons. The second kappa shape index (κ2) is 5.40. The van der Waals surface area contributed by atoms with E-state index in [2.05, 4.69) is 0 Å². The van der Waals surface area contributed by atoms with E-state index in [1.165, 1.54) is 30.0 Å². The van der Waals surface area contributed by atoms with Gasteiger partial charge in [0, 0.05) is 17.1 Å². The number of nitrogens with zero attached hydrogens (tertiary/aromatic N) is 1. The van der Waals surface area contributed by atoms with Crippen molar-refractivity contribution in [3.8, 4) is 0 Å². The molecule has 4 nitrogen and oxygen atoms in total. The van der Waals surface area contributed by atoms with Crippen LogP contribution in [0.5, 0.6) is 0 Å². The topological polar surface area (TPSA) is 57.6 Å². The van der Waals surface area contributed by atoms with E-state index in [1.807, 2.05) is 0 Å². The van der Waals surface area contributed by atoms with Crippen LogP contribution in [0.4, 0.5) is 4.39 Å². The molecule has 20 heavy (non-hydrogen) atoms. The molecule has 1 saturated heterocycles. The fraction of sp³-hybridized carbons (Fsp3) is 0.429. The molecule has 0 spiro atoms. The molecule has 2 rings (SSSR count). The summed E-state index contributed by atoms with van der Waals surface area (Å²) in [4.78, 5) is 24.9. The predicted octanol–water partition coefficient (Wildman–Crippen LogP) is 2.49. The second-order valence-electron chi connectivity index (χ2n) is 5.10. The molecule has 1 aliphatic heterocycles. The van der Waals surface area contributed by atoms with Gasteiger partial charge in [-0.3, -0.25) is 4.79 Å². The summed E-state index contributed by atoms with van der Waals surface area (Å²) in [5.74, 6) is -2.01. The molecule has 6 heteroatoms. The first-order valence-electron chi connectivity index (χ1n) is 6.33. The van der Waals surface area contributed by atoms with E-state index < -0.39 is 23.2 Å². The minimum absolute atomic E-state index is 0.110. The maximum Gasteiger partial charge on any atom is 0.329 e. The van der Waals surface area contributed by atoms with Crippen LogP contribution in [-0.2, 0) is 16.0 Å². The summed E-state index contributed by atoms with van der Waals surface area (Å²) in [5.41, 5.74) is -1.10. The van der Waals surface area contributed by atoms with Crippen molar-refractivity contribution in [2.24, 2.45) is 0 Å². The largest absolute Gasteiger partial charge is 0.480 e. The highest BCUT2D eigenvalue weighted by molar-refractivity contribution is 6.31. The lowest BCUT2D eigenvalue weighted by atomic mass is 9.98.